The van der Waals surface area contributed by atoms with Gasteiger partial charge in [0.25, 0.3) is 17.6 Å². The molecule has 0 N–H and O–H groups in total. The summed E-state index contributed by atoms with van der Waals surface area (Å²) in [6.07, 6.45) is 3.33. The van der Waals surface area contributed by atoms with Gasteiger partial charge in [-0.25, -0.2) is 4.98 Å². The molecular formula is C24H26N4O3. The van der Waals surface area contributed by atoms with Crippen molar-refractivity contribution in [1.29, 1.82) is 0 Å². The molecule has 2 amide bonds. The summed E-state index contributed by atoms with van der Waals surface area (Å²) in [5.41, 5.74) is 1.65. The Morgan fingerprint density at radius 2 is 1.77 bits per heavy atom. The van der Waals surface area contributed by atoms with Crippen LogP contribution in [0.1, 0.15) is 34.6 Å². The van der Waals surface area contributed by atoms with Gasteiger partial charge in [-0.1, -0.05) is 32.0 Å². The first kappa shape index (κ1) is 20.8. The Labute approximate surface area is 181 Å². The van der Waals surface area contributed by atoms with E-state index >= 15 is 0 Å². The molecule has 1 aromatic carbocycles. The lowest BCUT2D eigenvalue weighted by Gasteiger charge is -2.43. The summed E-state index contributed by atoms with van der Waals surface area (Å²) >= 11 is 0. The van der Waals surface area contributed by atoms with Crippen molar-refractivity contribution in [2.75, 3.05) is 19.6 Å². The highest BCUT2D eigenvalue weighted by atomic mass is 16.2. The number of rotatable bonds is 4. The maximum atomic E-state index is 13.3. The molecule has 1 aliphatic rings. The van der Waals surface area contributed by atoms with Gasteiger partial charge in [-0.2, -0.15) is 0 Å². The van der Waals surface area contributed by atoms with Gasteiger partial charge in [0.05, 0.1) is 11.6 Å². The number of hydrogen-bond donors (Lipinski definition) is 0. The highest BCUT2D eigenvalue weighted by molar-refractivity contribution is 6.44. The van der Waals surface area contributed by atoms with E-state index in [9.17, 15) is 14.4 Å². The van der Waals surface area contributed by atoms with E-state index < -0.39 is 11.7 Å². The molecule has 1 unspecified atom stereocenters. The SMILES string of the molecule is CC(C)C1CN(C(=O)c2ccccc2)CCN1C(=O)C(=O)c1cn(C)c2ncccc12. The quantitative estimate of drug-likeness (QED) is 0.482. The number of ketones is 1. The lowest BCUT2D eigenvalue weighted by atomic mass is 9.97. The van der Waals surface area contributed by atoms with Gasteiger partial charge in [0.2, 0.25) is 0 Å². The fourth-order valence-corrected chi connectivity index (χ4v) is 4.22. The summed E-state index contributed by atoms with van der Waals surface area (Å²) in [4.78, 5) is 47.0. The number of pyridine rings is 1. The number of carbonyl (C=O) groups is 3. The van der Waals surface area contributed by atoms with Crippen molar-refractivity contribution < 1.29 is 14.4 Å². The normalized spacial score (nSPS) is 16.7. The number of piperazine rings is 1. The second kappa shape index (κ2) is 8.34. The molecule has 2 aromatic heterocycles. The average Bonchev–Trinajstić information content (AvgIpc) is 3.14. The van der Waals surface area contributed by atoms with E-state index in [-0.39, 0.29) is 17.9 Å². The Morgan fingerprint density at radius 3 is 2.48 bits per heavy atom. The number of fused-ring (bicyclic) bond motifs is 1. The van der Waals surface area contributed by atoms with Crippen LogP contribution in [0, 0.1) is 5.92 Å². The molecule has 0 bridgehead atoms. The monoisotopic (exact) mass is 418 g/mol. The van der Waals surface area contributed by atoms with Crippen LogP contribution < -0.4 is 0 Å². The minimum absolute atomic E-state index is 0.0511. The van der Waals surface area contributed by atoms with Gasteiger partial charge in [0, 0.05) is 50.0 Å². The smallest absolute Gasteiger partial charge is 0.295 e. The first-order chi connectivity index (χ1) is 14.9. The van der Waals surface area contributed by atoms with E-state index in [1.807, 2.05) is 39.1 Å². The standard InChI is InChI=1S/C24H26N4O3/c1-16(2)20-15-27(23(30)17-8-5-4-6-9-17)12-13-28(20)24(31)21(29)19-14-26(3)22-18(19)10-7-11-25-22/h4-11,14,16,20H,12-13,15H2,1-3H3. The second-order valence-electron chi connectivity index (χ2n) is 8.28. The van der Waals surface area contributed by atoms with E-state index in [2.05, 4.69) is 4.98 Å². The Hall–Kier alpha value is -3.48. The minimum atomic E-state index is -0.535. The molecule has 0 radical (unpaired) electrons. The molecule has 0 saturated carbocycles. The molecule has 1 fully saturated rings. The zero-order valence-electron chi connectivity index (χ0n) is 18.0. The molecule has 1 aliphatic heterocycles. The van der Waals surface area contributed by atoms with E-state index in [1.54, 1.807) is 51.0 Å². The Balaban J connectivity index is 1.56. The molecule has 1 saturated heterocycles. The van der Waals surface area contributed by atoms with Crippen LogP contribution in [0.5, 0.6) is 0 Å². The number of Topliss-reactive ketones (excluding diaryl/α,β-unsaturated/α-hetero) is 1. The summed E-state index contributed by atoms with van der Waals surface area (Å²) in [5.74, 6) is -1.02. The third kappa shape index (κ3) is 3.83. The fraction of sp³-hybridized carbons (Fsp3) is 0.333. The van der Waals surface area contributed by atoms with Crippen LogP contribution in [-0.4, -0.2) is 62.6 Å². The molecule has 1 atom stereocenters. The maximum absolute atomic E-state index is 13.3. The third-order valence-electron chi connectivity index (χ3n) is 5.93. The van der Waals surface area contributed by atoms with Crippen molar-refractivity contribution in [2.45, 2.75) is 19.9 Å². The largest absolute Gasteiger partial charge is 0.335 e. The lowest BCUT2D eigenvalue weighted by molar-refractivity contribution is -0.132. The van der Waals surface area contributed by atoms with Gasteiger partial charge in [-0.05, 0) is 30.2 Å². The van der Waals surface area contributed by atoms with Crippen LogP contribution in [0.4, 0.5) is 0 Å². The van der Waals surface area contributed by atoms with Gasteiger partial charge < -0.3 is 14.4 Å². The van der Waals surface area contributed by atoms with Crippen molar-refractivity contribution in [3.8, 4) is 0 Å². The number of hydrogen-bond acceptors (Lipinski definition) is 4. The highest BCUT2D eigenvalue weighted by Gasteiger charge is 2.37. The van der Waals surface area contributed by atoms with Crippen molar-refractivity contribution in [3.63, 3.8) is 0 Å². The zero-order chi connectivity index (χ0) is 22.1. The second-order valence-corrected chi connectivity index (χ2v) is 8.28. The topological polar surface area (TPSA) is 75.5 Å². The van der Waals surface area contributed by atoms with Crippen LogP contribution in [0.3, 0.4) is 0 Å². The minimum Gasteiger partial charge on any atom is -0.335 e. The predicted octanol–water partition coefficient (Wildman–Crippen LogP) is 2.77. The molecule has 3 heterocycles. The molecule has 0 spiro atoms. The molecule has 7 nitrogen and oxygen atoms in total. The number of aromatic nitrogens is 2. The first-order valence-corrected chi connectivity index (χ1v) is 10.5. The highest BCUT2D eigenvalue weighted by Crippen LogP contribution is 2.23. The average molecular weight is 418 g/mol. The number of benzene rings is 1. The number of amides is 2. The van der Waals surface area contributed by atoms with E-state index in [0.29, 0.717) is 41.8 Å². The molecule has 160 valence electrons. The van der Waals surface area contributed by atoms with Gasteiger partial charge in [-0.15, -0.1) is 0 Å². The van der Waals surface area contributed by atoms with E-state index in [1.165, 1.54) is 0 Å². The molecule has 0 aliphatic carbocycles. The van der Waals surface area contributed by atoms with Crippen LogP contribution in [0.25, 0.3) is 11.0 Å². The van der Waals surface area contributed by atoms with Crippen molar-refractivity contribution in [1.82, 2.24) is 19.4 Å². The molecule has 7 heteroatoms. The van der Waals surface area contributed by atoms with Gasteiger partial charge in [-0.3, -0.25) is 14.4 Å². The molecular weight excluding hydrogens is 392 g/mol. The third-order valence-corrected chi connectivity index (χ3v) is 5.93. The Morgan fingerprint density at radius 1 is 1.03 bits per heavy atom. The fourth-order valence-electron chi connectivity index (χ4n) is 4.22. The lowest BCUT2D eigenvalue weighted by Crippen LogP contribution is -2.59. The van der Waals surface area contributed by atoms with Crippen molar-refractivity contribution in [2.24, 2.45) is 13.0 Å². The van der Waals surface area contributed by atoms with Crippen LogP contribution in [0.2, 0.25) is 0 Å². The van der Waals surface area contributed by atoms with Crippen molar-refractivity contribution in [3.05, 3.63) is 66.0 Å². The summed E-state index contributed by atoms with van der Waals surface area (Å²) in [5, 5.41) is 0.669. The van der Waals surface area contributed by atoms with Gasteiger partial charge in [0.15, 0.2) is 0 Å². The number of carbonyl (C=O) groups excluding carboxylic acids is 3. The Kier molecular flexibility index (Phi) is 5.59. The Bertz CT molecular complexity index is 1140. The van der Waals surface area contributed by atoms with Crippen LogP contribution >= 0.6 is 0 Å². The van der Waals surface area contributed by atoms with E-state index in [4.69, 9.17) is 0 Å². The summed E-state index contributed by atoms with van der Waals surface area (Å²) < 4.78 is 1.76. The van der Waals surface area contributed by atoms with Crippen LogP contribution in [0.15, 0.2) is 54.9 Å². The summed E-state index contributed by atoms with van der Waals surface area (Å²) in [6, 6.07) is 12.5. The summed E-state index contributed by atoms with van der Waals surface area (Å²) in [6.45, 7) is 5.14. The van der Waals surface area contributed by atoms with Crippen LogP contribution in [-0.2, 0) is 11.8 Å². The zero-order valence-corrected chi connectivity index (χ0v) is 18.0. The van der Waals surface area contributed by atoms with Gasteiger partial charge >= 0.3 is 0 Å². The van der Waals surface area contributed by atoms with E-state index in [0.717, 1.165) is 0 Å². The predicted molar refractivity (Wildman–Crippen MR) is 118 cm³/mol. The van der Waals surface area contributed by atoms with Crippen molar-refractivity contribution >= 4 is 28.6 Å². The molecule has 4 rings (SSSR count). The number of nitrogens with zero attached hydrogens (tertiary/aromatic N) is 4. The maximum Gasteiger partial charge on any atom is 0.295 e. The molecule has 31 heavy (non-hydrogen) atoms. The molecule has 3 aromatic rings. The first-order valence-electron chi connectivity index (χ1n) is 10.5. The van der Waals surface area contributed by atoms with Gasteiger partial charge in [0.1, 0.15) is 5.65 Å². The summed E-state index contributed by atoms with van der Waals surface area (Å²) in [7, 11) is 1.81. The number of aryl methyl sites for hydroxylation is 1.